The maximum atomic E-state index is 5.70. The van der Waals surface area contributed by atoms with Crippen LogP contribution in [-0.2, 0) is 0 Å². The highest BCUT2D eigenvalue weighted by molar-refractivity contribution is 7.99. The topological polar surface area (TPSA) is 52.0 Å². The highest BCUT2D eigenvalue weighted by Crippen LogP contribution is 2.31. The summed E-state index contributed by atoms with van der Waals surface area (Å²) in [5.41, 5.74) is 8.56. The van der Waals surface area contributed by atoms with Gasteiger partial charge in [-0.1, -0.05) is 0 Å². The second-order valence-electron chi connectivity index (χ2n) is 3.75. The number of nitrogens with two attached hydrogens (primary N) is 1. The summed E-state index contributed by atoms with van der Waals surface area (Å²) in [7, 11) is 0. The summed E-state index contributed by atoms with van der Waals surface area (Å²) < 4.78 is 5.52. The molecular formula is C12H14N2OS. The Labute approximate surface area is 99.1 Å². The van der Waals surface area contributed by atoms with Crippen molar-refractivity contribution in [3.8, 4) is 0 Å². The van der Waals surface area contributed by atoms with Gasteiger partial charge in [-0.3, -0.25) is 0 Å². The maximum Gasteiger partial charge on any atom is 0.261 e. The molecule has 2 rings (SSSR count). The van der Waals surface area contributed by atoms with Gasteiger partial charge in [0.1, 0.15) is 5.76 Å². The SMILES string of the molecule is Cc1cc(N)ccc1Sc1nc(C)c(C)o1. The quantitative estimate of drug-likeness (QED) is 0.810. The van der Waals surface area contributed by atoms with Crippen LogP contribution in [0.4, 0.5) is 5.69 Å². The van der Waals surface area contributed by atoms with E-state index in [9.17, 15) is 0 Å². The number of nitrogen functional groups attached to an aromatic ring is 1. The van der Waals surface area contributed by atoms with E-state index in [0.717, 1.165) is 27.6 Å². The van der Waals surface area contributed by atoms with Crippen LogP contribution in [0.1, 0.15) is 17.0 Å². The molecule has 0 aliphatic rings. The molecule has 1 heterocycles. The number of nitrogens with zero attached hydrogens (tertiary/aromatic N) is 1. The lowest BCUT2D eigenvalue weighted by Gasteiger charge is -2.03. The highest BCUT2D eigenvalue weighted by Gasteiger charge is 2.08. The number of aryl methyl sites for hydroxylation is 3. The second kappa shape index (κ2) is 4.22. The van der Waals surface area contributed by atoms with Crippen molar-refractivity contribution in [3.63, 3.8) is 0 Å². The summed E-state index contributed by atoms with van der Waals surface area (Å²) in [5.74, 6) is 0.871. The summed E-state index contributed by atoms with van der Waals surface area (Å²) in [5, 5.41) is 0.683. The molecule has 0 saturated heterocycles. The first-order valence-corrected chi connectivity index (χ1v) is 5.86. The van der Waals surface area contributed by atoms with Crippen LogP contribution in [0.2, 0.25) is 0 Å². The molecule has 0 bridgehead atoms. The van der Waals surface area contributed by atoms with E-state index in [1.807, 2.05) is 39.0 Å². The Morgan fingerprint density at radius 3 is 2.56 bits per heavy atom. The largest absolute Gasteiger partial charge is 0.436 e. The minimum Gasteiger partial charge on any atom is -0.436 e. The van der Waals surface area contributed by atoms with Gasteiger partial charge >= 0.3 is 0 Å². The van der Waals surface area contributed by atoms with Crippen molar-refractivity contribution in [3.05, 3.63) is 35.2 Å². The molecular weight excluding hydrogens is 220 g/mol. The fourth-order valence-electron chi connectivity index (χ4n) is 1.37. The molecule has 16 heavy (non-hydrogen) atoms. The van der Waals surface area contributed by atoms with Crippen LogP contribution in [0.25, 0.3) is 0 Å². The van der Waals surface area contributed by atoms with E-state index in [1.165, 1.54) is 11.8 Å². The predicted octanol–water partition coefficient (Wildman–Crippen LogP) is 3.33. The lowest BCUT2D eigenvalue weighted by Crippen LogP contribution is -1.87. The van der Waals surface area contributed by atoms with E-state index in [1.54, 1.807) is 0 Å². The van der Waals surface area contributed by atoms with Crippen LogP contribution in [0.15, 0.2) is 32.7 Å². The Kier molecular flexibility index (Phi) is 2.92. The van der Waals surface area contributed by atoms with Crippen LogP contribution in [0.5, 0.6) is 0 Å². The molecule has 0 aliphatic heterocycles. The van der Waals surface area contributed by atoms with Gasteiger partial charge in [-0.2, -0.15) is 0 Å². The minimum atomic E-state index is 0.683. The van der Waals surface area contributed by atoms with Gasteiger partial charge in [0.2, 0.25) is 0 Å². The Bertz CT molecular complexity index is 500. The number of benzene rings is 1. The van der Waals surface area contributed by atoms with Crippen molar-refractivity contribution >= 4 is 17.4 Å². The van der Waals surface area contributed by atoms with Gasteiger partial charge in [0.15, 0.2) is 0 Å². The molecule has 1 aromatic carbocycles. The zero-order chi connectivity index (χ0) is 11.7. The zero-order valence-electron chi connectivity index (χ0n) is 9.57. The molecule has 0 spiro atoms. The lowest BCUT2D eigenvalue weighted by atomic mass is 10.2. The molecule has 0 fully saturated rings. The summed E-state index contributed by atoms with van der Waals surface area (Å²) in [6.45, 7) is 5.89. The molecule has 0 saturated carbocycles. The fraction of sp³-hybridized carbons (Fsp3) is 0.250. The molecule has 0 aliphatic carbocycles. The van der Waals surface area contributed by atoms with E-state index in [-0.39, 0.29) is 0 Å². The van der Waals surface area contributed by atoms with Gasteiger partial charge in [-0.15, -0.1) is 0 Å². The highest BCUT2D eigenvalue weighted by atomic mass is 32.2. The van der Waals surface area contributed by atoms with Gasteiger partial charge in [-0.25, -0.2) is 4.98 Å². The molecule has 0 unspecified atom stereocenters. The van der Waals surface area contributed by atoms with Crippen molar-refractivity contribution in [1.29, 1.82) is 0 Å². The molecule has 0 amide bonds. The minimum absolute atomic E-state index is 0.683. The van der Waals surface area contributed by atoms with Gasteiger partial charge in [-0.05, 0) is 56.3 Å². The number of hydrogen-bond donors (Lipinski definition) is 1. The third-order valence-electron chi connectivity index (χ3n) is 2.41. The number of hydrogen-bond acceptors (Lipinski definition) is 4. The normalized spacial score (nSPS) is 10.7. The van der Waals surface area contributed by atoms with E-state index >= 15 is 0 Å². The van der Waals surface area contributed by atoms with E-state index in [0.29, 0.717) is 5.22 Å². The Hall–Kier alpha value is -1.42. The van der Waals surface area contributed by atoms with Crippen LogP contribution in [0.3, 0.4) is 0 Å². The molecule has 1 aromatic heterocycles. The molecule has 3 nitrogen and oxygen atoms in total. The van der Waals surface area contributed by atoms with Crippen LogP contribution < -0.4 is 5.73 Å². The first-order chi connectivity index (χ1) is 7.56. The lowest BCUT2D eigenvalue weighted by molar-refractivity contribution is 0.431. The summed E-state index contributed by atoms with van der Waals surface area (Å²) in [4.78, 5) is 5.45. The van der Waals surface area contributed by atoms with Crippen LogP contribution in [0, 0.1) is 20.8 Å². The van der Waals surface area contributed by atoms with Crippen molar-refractivity contribution in [2.75, 3.05) is 5.73 Å². The molecule has 4 heteroatoms. The number of aromatic nitrogens is 1. The summed E-state index contributed by atoms with van der Waals surface area (Å²) in [6.07, 6.45) is 0. The van der Waals surface area contributed by atoms with Crippen molar-refractivity contribution in [1.82, 2.24) is 4.98 Å². The standard InChI is InChI=1S/C12H14N2OS/c1-7-6-10(13)4-5-11(7)16-12-14-8(2)9(3)15-12/h4-6H,13H2,1-3H3. The Morgan fingerprint density at radius 2 is 2.00 bits per heavy atom. The molecule has 2 N–H and O–H groups in total. The third kappa shape index (κ3) is 2.22. The Balaban J connectivity index is 2.27. The van der Waals surface area contributed by atoms with E-state index in [4.69, 9.17) is 10.2 Å². The number of oxazole rings is 1. The van der Waals surface area contributed by atoms with Gasteiger partial charge in [0.25, 0.3) is 5.22 Å². The third-order valence-corrected chi connectivity index (χ3v) is 3.43. The van der Waals surface area contributed by atoms with Crippen LogP contribution in [-0.4, -0.2) is 4.98 Å². The smallest absolute Gasteiger partial charge is 0.261 e. The number of rotatable bonds is 2. The number of anilines is 1. The van der Waals surface area contributed by atoms with Crippen molar-refractivity contribution in [2.45, 2.75) is 30.9 Å². The van der Waals surface area contributed by atoms with Gasteiger partial charge in [0.05, 0.1) is 5.69 Å². The van der Waals surface area contributed by atoms with Crippen LogP contribution >= 0.6 is 11.8 Å². The molecule has 0 radical (unpaired) electrons. The molecule has 2 aromatic rings. The molecule has 0 atom stereocenters. The summed E-state index contributed by atoms with van der Waals surface area (Å²) in [6, 6.07) is 5.83. The first-order valence-electron chi connectivity index (χ1n) is 5.04. The summed E-state index contributed by atoms with van der Waals surface area (Å²) >= 11 is 1.52. The van der Waals surface area contributed by atoms with Crippen molar-refractivity contribution < 1.29 is 4.42 Å². The fourth-order valence-corrected chi connectivity index (χ4v) is 2.26. The predicted molar refractivity (Wildman–Crippen MR) is 65.7 cm³/mol. The van der Waals surface area contributed by atoms with E-state index < -0.39 is 0 Å². The van der Waals surface area contributed by atoms with Gasteiger partial charge in [0, 0.05) is 10.6 Å². The first kappa shape index (κ1) is 11.1. The van der Waals surface area contributed by atoms with Crippen molar-refractivity contribution in [2.24, 2.45) is 0 Å². The molecule has 84 valence electrons. The van der Waals surface area contributed by atoms with E-state index in [2.05, 4.69) is 4.98 Å². The Morgan fingerprint density at radius 1 is 1.25 bits per heavy atom. The average molecular weight is 234 g/mol. The zero-order valence-corrected chi connectivity index (χ0v) is 10.4. The maximum absolute atomic E-state index is 5.70. The van der Waals surface area contributed by atoms with Gasteiger partial charge < -0.3 is 10.2 Å². The monoisotopic (exact) mass is 234 g/mol. The second-order valence-corrected chi connectivity index (χ2v) is 4.74. The average Bonchev–Trinajstić information content (AvgIpc) is 2.51.